The van der Waals surface area contributed by atoms with Crippen LogP contribution in [0.1, 0.15) is 49.3 Å². The topological polar surface area (TPSA) is 143 Å². The lowest BCUT2D eigenvalue weighted by Gasteiger charge is -2.51. The fourth-order valence-electron chi connectivity index (χ4n) is 6.96. The summed E-state index contributed by atoms with van der Waals surface area (Å²) in [7, 11) is 0.0608. The molecule has 0 aliphatic carbocycles. The molecule has 0 amide bonds. The van der Waals surface area contributed by atoms with Crippen molar-refractivity contribution in [3.63, 3.8) is 0 Å². The third-order valence-electron chi connectivity index (χ3n) is 10.8. The Morgan fingerprint density at radius 2 is 1.35 bits per heavy atom. The van der Waals surface area contributed by atoms with Crippen LogP contribution in [0.15, 0.2) is 94.6 Å². The minimum atomic E-state index is -3.08. The maximum Gasteiger partial charge on any atom is 0.330 e. The molecule has 1 unspecified atom stereocenters. The fraction of sp³-hybridized carbons (Fsp3) is 0.405. The molecule has 0 spiro atoms. The standard InChI is InChI=1S/C37H46N2O8Si/c1-23-22-39(34(43)38-32(23)42)33-37(44,48(7,8)35(2,3)4)31(41)29(47-33)30(40)36(24-12-10-9-11-13-24,25-14-18-27(45-5)19-15-25)26-16-20-28(46-6)21-17-26/h9-22,29-31,33,40-41,44H,1-8H3,(H,38,42,43)/t29-,30?,31-,33-,37+/m1/s1. The third kappa shape index (κ3) is 5.43. The first-order chi connectivity index (χ1) is 22.5. The van der Waals surface area contributed by atoms with Gasteiger partial charge >= 0.3 is 5.69 Å². The number of aryl methyl sites for hydroxylation is 1. The Morgan fingerprint density at radius 3 is 1.81 bits per heavy atom. The summed E-state index contributed by atoms with van der Waals surface area (Å²) in [6, 6.07) is 24.0. The summed E-state index contributed by atoms with van der Waals surface area (Å²) in [5.74, 6) is 1.23. The number of nitrogens with one attached hydrogen (secondary N) is 1. The van der Waals surface area contributed by atoms with Gasteiger partial charge < -0.3 is 29.5 Å². The number of rotatable bonds is 9. The highest BCUT2D eigenvalue weighted by molar-refractivity contribution is 6.83. The first-order valence-electron chi connectivity index (χ1n) is 16.0. The normalized spacial score (nSPS) is 22.4. The molecule has 3 aromatic carbocycles. The van der Waals surface area contributed by atoms with Gasteiger partial charge in [-0.1, -0.05) is 88.5 Å². The van der Waals surface area contributed by atoms with Crippen molar-refractivity contribution in [3.05, 3.63) is 128 Å². The van der Waals surface area contributed by atoms with Gasteiger partial charge in [0.1, 0.15) is 35.0 Å². The lowest BCUT2D eigenvalue weighted by Crippen LogP contribution is -2.69. The van der Waals surface area contributed by atoms with E-state index in [1.54, 1.807) is 45.4 Å². The highest BCUT2D eigenvalue weighted by Gasteiger charge is 2.69. The number of aromatic amines is 1. The number of hydrogen-bond donors (Lipinski definition) is 4. The molecule has 10 nitrogen and oxygen atoms in total. The molecule has 4 aromatic rings. The van der Waals surface area contributed by atoms with E-state index in [2.05, 4.69) is 4.98 Å². The Balaban J connectivity index is 1.82. The molecule has 1 aliphatic heterocycles. The lowest BCUT2D eigenvalue weighted by molar-refractivity contribution is -0.102. The summed E-state index contributed by atoms with van der Waals surface area (Å²) < 4.78 is 18.7. The van der Waals surface area contributed by atoms with E-state index >= 15 is 0 Å². The molecule has 1 aliphatic rings. The van der Waals surface area contributed by atoms with Crippen LogP contribution in [0.5, 0.6) is 11.5 Å². The van der Waals surface area contributed by atoms with Crippen LogP contribution in [0.3, 0.4) is 0 Å². The van der Waals surface area contributed by atoms with Crippen LogP contribution in [-0.4, -0.2) is 70.7 Å². The van der Waals surface area contributed by atoms with Gasteiger partial charge in [-0.05, 0) is 52.9 Å². The summed E-state index contributed by atoms with van der Waals surface area (Å²) in [4.78, 5) is 28.1. The van der Waals surface area contributed by atoms with Gasteiger partial charge in [-0.3, -0.25) is 14.3 Å². The van der Waals surface area contributed by atoms with Crippen LogP contribution in [-0.2, 0) is 10.2 Å². The van der Waals surface area contributed by atoms with Gasteiger partial charge in [0, 0.05) is 11.8 Å². The molecular weight excluding hydrogens is 628 g/mol. The van der Waals surface area contributed by atoms with Gasteiger partial charge in [0.2, 0.25) is 0 Å². The predicted octanol–water partition coefficient (Wildman–Crippen LogP) is 4.29. The number of aliphatic hydroxyl groups is 3. The van der Waals surface area contributed by atoms with E-state index in [0.29, 0.717) is 28.2 Å². The molecule has 2 heterocycles. The number of nitrogens with zero attached hydrogens (tertiary/aromatic N) is 1. The molecule has 0 bridgehead atoms. The Morgan fingerprint density at radius 1 is 0.875 bits per heavy atom. The average Bonchev–Trinajstić information content (AvgIpc) is 3.34. The van der Waals surface area contributed by atoms with Gasteiger partial charge in [0.05, 0.1) is 27.7 Å². The van der Waals surface area contributed by atoms with E-state index in [-0.39, 0.29) is 5.56 Å². The second-order valence-electron chi connectivity index (χ2n) is 14.2. The number of benzene rings is 3. The predicted molar refractivity (Wildman–Crippen MR) is 186 cm³/mol. The van der Waals surface area contributed by atoms with E-state index in [1.807, 2.05) is 88.5 Å². The van der Waals surface area contributed by atoms with Gasteiger partial charge in [-0.15, -0.1) is 0 Å². The third-order valence-corrected chi connectivity index (χ3v) is 17.1. The Bertz CT molecular complexity index is 1800. The maximum atomic E-state index is 13.4. The second-order valence-corrected chi connectivity index (χ2v) is 19.7. The second kappa shape index (κ2) is 12.8. The fourth-order valence-corrected chi connectivity index (χ4v) is 9.88. The van der Waals surface area contributed by atoms with Crippen molar-refractivity contribution in [2.24, 2.45) is 0 Å². The van der Waals surface area contributed by atoms with Crippen molar-refractivity contribution in [2.75, 3.05) is 14.2 Å². The SMILES string of the molecule is COc1ccc(C(c2ccccc2)(c2ccc(OC)cc2)C(O)[C@H]2O[C@@H](n3cc(C)c(=O)[nH]c3=O)[C@@](O)([Si](C)(C)C(C)(C)C)[C@@H]2O)cc1. The van der Waals surface area contributed by atoms with Gasteiger partial charge in [-0.2, -0.15) is 0 Å². The molecule has 0 saturated carbocycles. The van der Waals surface area contributed by atoms with E-state index in [0.717, 1.165) is 4.57 Å². The average molecular weight is 675 g/mol. The monoisotopic (exact) mass is 674 g/mol. The minimum absolute atomic E-state index is 0.226. The number of ether oxygens (including phenoxy) is 3. The molecule has 11 heteroatoms. The van der Waals surface area contributed by atoms with Crippen molar-refractivity contribution < 1.29 is 29.5 Å². The number of aromatic nitrogens is 2. The molecule has 1 saturated heterocycles. The van der Waals surface area contributed by atoms with Crippen LogP contribution >= 0.6 is 0 Å². The van der Waals surface area contributed by atoms with E-state index < -0.39 is 59.5 Å². The highest BCUT2D eigenvalue weighted by atomic mass is 28.3. The number of hydrogen-bond acceptors (Lipinski definition) is 8. The first kappa shape index (κ1) is 35.3. The van der Waals surface area contributed by atoms with Crippen LogP contribution < -0.4 is 20.7 Å². The quantitative estimate of drug-likeness (QED) is 0.152. The minimum Gasteiger partial charge on any atom is -0.497 e. The van der Waals surface area contributed by atoms with Crippen LogP contribution in [0.4, 0.5) is 0 Å². The first-order valence-corrected chi connectivity index (χ1v) is 19.0. The van der Waals surface area contributed by atoms with Crippen LogP contribution in [0, 0.1) is 6.92 Å². The van der Waals surface area contributed by atoms with Gasteiger partial charge in [0.15, 0.2) is 6.23 Å². The molecule has 1 fully saturated rings. The molecular formula is C37H46N2O8Si. The summed E-state index contributed by atoms with van der Waals surface area (Å²) in [6.45, 7) is 11.4. The van der Waals surface area contributed by atoms with Crippen LogP contribution in [0.25, 0.3) is 0 Å². The van der Waals surface area contributed by atoms with E-state index in [9.17, 15) is 24.9 Å². The molecule has 4 N–H and O–H groups in total. The van der Waals surface area contributed by atoms with Crippen molar-refractivity contribution in [1.82, 2.24) is 9.55 Å². The van der Waals surface area contributed by atoms with E-state index in [4.69, 9.17) is 14.2 Å². The number of aliphatic hydroxyl groups excluding tert-OH is 2. The summed E-state index contributed by atoms with van der Waals surface area (Å²) in [5.41, 5.74) is -0.484. The zero-order chi connectivity index (χ0) is 35.2. The molecule has 1 aromatic heterocycles. The summed E-state index contributed by atoms with van der Waals surface area (Å²) >= 11 is 0. The van der Waals surface area contributed by atoms with Crippen molar-refractivity contribution in [2.45, 2.75) is 81.0 Å². The van der Waals surface area contributed by atoms with Crippen molar-refractivity contribution in [3.8, 4) is 11.5 Å². The lowest BCUT2D eigenvalue weighted by atomic mass is 9.64. The Kier molecular flexibility index (Phi) is 9.41. The Labute approximate surface area is 281 Å². The van der Waals surface area contributed by atoms with E-state index in [1.165, 1.54) is 6.20 Å². The van der Waals surface area contributed by atoms with Gasteiger partial charge in [-0.25, -0.2) is 4.79 Å². The number of methoxy groups -OCH3 is 2. The van der Waals surface area contributed by atoms with Crippen molar-refractivity contribution in [1.29, 1.82) is 0 Å². The van der Waals surface area contributed by atoms with Crippen LogP contribution in [0.2, 0.25) is 18.1 Å². The largest absolute Gasteiger partial charge is 0.497 e. The number of H-pyrrole nitrogens is 1. The molecule has 256 valence electrons. The smallest absolute Gasteiger partial charge is 0.330 e. The van der Waals surface area contributed by atoms with Crippen molar-refractivity contribution >= 4 is 8.07 Å². The zero-order valence-electron chi connectivity index (χ0n) is 28.7. The molecule has 5 rings (SSSR count). The Hall–Kier alpha value is -4.00. The van der Waals surface area contributed by atoms with Gasteiger partial charge in [0.25, 0.3) is 5.56 Å². The maximum absolute atomic E-state index is 13.4. The summed E-state index contributed by atoms with van der Waals surface area (Å²) in [6.07, 6.45) is -4.70. The molecule has 48 heavy (non-hydrogen) atoms. The summed E-state index contributed by atoms with van der Waals surface area (Å²) in [5, 5.41) is 35.9. The molecule has 0 radical (unpaired) electrons. The zero-order valence-corrected chi connectivity index (χ0v) is 29.7. The highest BCUT2D eigenvalue weighted by Crippen LogP contribution is 2.55. The molecule has 5 atom stereocenters.